The zero-order valence-corrected chi connectivity index (χ0v) is 11.9. The summed E-state index contributed by atoms with van der Waals surface area (Å²) in [6.07, 6.45) is 5.04. The van der Waals surface area contributed by atoms with Gasteiger partial charge in [0.25, 0.3) is 0 Å². The zero-order chi connectivity index (χ0) is 13.8. The molecule has 102 valence electrons. The monoisotopic (exact) mass is 284 g/mol. The van der Waals surface area contributed by atoms with Crippen molar-refractivity contribution in [2.75, 3.05) is 0 Å². The summed E-state index contributed by atoms with van der Waals surface area (Å²) in [4.78, 5) is 8.91. The molecule has 0 saturated heterocycles. The predicted molar refractivity (Wildman–Crippen MR) is 78.9 cm³/mol. The second-order valence-electron chi connectivity index (χ2n) is 5.01. The number of nitrogens with one attached hydrogen (secondary N) is 1. The summed E-state index contributed by atoms with van der Waals surface area (Å²) in [5, 5.41) is 15.6. The molecule has 0 radical (unpaired) electrons. The second kappa shape index (κ2) is 6.12. The van der Waals surface area contributed by atoms with Crippen LogP contribution in [0.15, 0.2) is 29.8 Å². The van der Waals surface area contributed by atoms with Gasteiger partial charge in [-0.15, -0.1) is 11.3 Å². The number of aromatic nitrogens is 2. The van der Waals surface area contributed by atoms with Crippen molar-refractivity contribution >= 4 is 11.3 Å². The van der Waals surface area contributed by atoms with E-state index >= 15 is 0 Å². The highest BCUT2D eigenvalue weighted by Crippen LogP contribution is 2.26. The van der Waals surface area contributed by atoms with Crippen molar-refractivity contribution in [2.45, 2.75) is 31.8 Å². The summed E-state index contributed by atoms with van der Waals surface area (Å²) >= 11 is 1.61. The van der Waals surface area contributed by atoms with Crippen molar-refractivity contribution in [3.63, 3.8) is 0 Å². The van der Waals surface area contributed by atoms with Crippen LogP contribution < -0.4 is 5.32 Å². The Labute approximate surface area is 122 Å². The molecule has 2 heterocycles. The number of pyridine rings is 1. The summed E-state index contributed by atoms with van der Waals surface area (Å²) in [5.74, 6) is 0.156. The average Bonchev–Trinajstić information content (AvgIpc) is 3.15. The number of hydrogen-bond acceptors (Lipinski definition) is 5. The van der Waals surface area contributed by atoms with Crippen molar-refractivity contribution < 1.29 is 0 Å². The van der Waals surface area contributed by atoms with Crippen molar-refractivity contribution in [2.24, 2.45) is 5.92 Å². The van der Waals surface area contributed by atoms with Crippen LogP contribution in [0, 0.1) is 17.2 Å². The van der Waals surface area contributed by atoms with Crippen LogP contribution in [0.4, 0.5) is 0 Å². The molecule has 4 nitrogen and oxygen atoms in total. The van der Waals surface area contributed by atoms with Gasteiger partial charge in [0.2, 0.25) is 0 Å². The summed E-state index contributed by atoms with van der Waals surface area (Å²) in [6, 6.07) is 8.56. The Morgan fingerprint density at radius 1 is 1.40 bits per heavy atom. The van der Waals surface area contributed by atoms with Crippen LogP contribution in [-0.4, -0.2) is 16.0 Å². The Bertz CT molecular complexity index is 602. The Morgan fingerprint density at radius 2 is 2.35 bits per heavy atom. The molecular weight excluding hydrogens is 268 g/mol. The number of thiazole rings is 1. The van der Waals surface area contributed by atoms with Gasteiger partial charge in [-0.25, -0.2) is 4.98 Å². The Kier molecular flexibility index (Phi) is 4.05. The van der Waals surface area contributed by atoms with Crippen molar-refractivity contribution in [1.29, 1.82) is 5.26 Å². The molecule has 0 aliphatic heterocycles. The fourth-order valence-electron chi connectivity index (χ4n) is 2.59. The van der Waals surface area contributed by atoms with E-state index < -0.39 is 0 Å². The summed E-state index contributed by atoms with van der Waals surface area (Å²) < 4.78 is 0. The number of nitrogens with zero attached hydrogens (tertiary/aromatic N) is 3. The third-order valence-electron chi connectivity index (χ3n) is 3.66. The van der Waals surface area contributed by atoms with E-state index in [2.05, 4.69) is 26.7 Å². The third kappa shape index (κ3) is 2.87. The van der Waals surface area contributed by atoms with Gasteiger partial charge in [0.15, 0.2) is 0 Å². The van der Waals surface area contributed by atoms with Gasteiger partial charge in [0.05, 0.1) is 23.4 Å². The Hall–Kier alpha value is -1.77. The quantitative estimate of drug-likeness (QED) is 0.937. The molecule has 0 spiro atoms. The molecule has 5 heteroatoms. The van der Waals surface area contributed by atoms with Crippen molar-refractivity contribution in [3.05, 3.63) is 35.5 Å². The van der Waals surface area contributed by atoms with E-state index in [1.807, 2.05) is 18.2 Å². The van der Waals surface area contributed by atoms with Gasteiger partial charge >= 0.3 is 0 Å². The lowest BCUT2D eigenvalue weighted by atomic mass is 10.1. The predicted octanol–water partition coefficient (Wildman–Crippen LogP) is 2.99. The highest BCUT2D eigenvalue weighted by Gasteiger charge is 2.26. The van der Waals surface area contributed by atoms with Gasteiger partial charge < -0.3 is 5.32 Å². The maximum atomic E-state index is 9.07. The van der Waals surface area contributed by atoms with Gasteiger partial charge in [0.1, 0.15) is 5.01 Å². The minimum Gasteiger partial charge on any atom is -0.307 e. The first-order valence-electron chi connectivity index (χ1n) is 6.85. The van der Waals surface area contributed by atoms with Gasteiger partial charge in [-0.1, -0.05) is 12.5 Å². The maximum Gasteiger partial charge on any atom is 0.142 e. The van der Waals surface area contributed by atoms with Gasteiger partial charge in [0, 0.05) is 24.2 Å². The normalized spacial score (nSPS) is 21.8. The minimum absolute atomic E-state index is 0.156. The van der Waals surface area contributed by atoms with E-state index in [-0.39, 0.29) is 5.92 Å². The smallest absolute Gasteiger partial charge is 0.142 e. The molecule has 0 bridgehead atoms. The van der Waals surface area contributed by atoms with Crippen LogP contribution in [0.5, 0.6) is 0 Å². The Balaban J connectivity index is 1.62. The lowest BCUT2D eigenvalue weighted by Gasteiger charge is -2.14. The van der Waals surface area contributed by atoms with E-state index in [9.17, 15) is 0 Å². The molecule has 1 aliphatic carbocycles. The number of hydrogen-bond donors (Lipinski definition) is 1. The molecule has 0 aromatic carbocycles. The van der Waals surface area contributed by atoms with Crippen LogP contribution >= 0.6 is 11.3 Å². The molecule has 1 aliphatic rings. The SMILES string of the molecule is N#CC1CCCC1NCc1csc(-c2ccccn2)n1. The highest BCUT2D eigenvalue weighted by molar-refractivity contribution is 7.13. The molecule has 2 atom stereocenters. The van der Waals surface area contributed by atoms with Crippen molar-refractivity contribution in [1.82, 2.24) is 15.3 Å². The molecule has 1 N–H and O–H groups in total. The summed E-state index contributed by atoms with van der Waals surface area (Å²) in [6.45, 7) is 0.728. The topological polar surface area (TPSA) is 61.6 Å². The van der Waals surface area contributed by atoms with Crippen LogP contribution in [-0.2, 0) is 6.54 Å². The third-order valence-corrected chi connectivity index (χ3v) is 4.58. The molecular formula is C15H16N4S. The maximum absolute atomic E-state index is 9.07. The molecule has 2 unspecified atom stereocenters. The average molecular weight is 284 g/mol. The number of rotatable bonds is 4. The second-order valence-corrected chi connectivity index (χ2v) is 5.87. The lowest BCUT2D eigenvalue weighted by Crippen LogP contribution is -2.31. The van der Waals surface area contributed by atoms with Crippen LogP contribution in [0.1, 0.15) is 25.0 Å². The fraction of sp³-hybridized carbons (Fsp3) is 0.400. The van der Waals surface area contributed by atoms with Crippen LogP contribution in [0.25, 0.3) is 10.7 Å². The number of nitriles is 1. The molecule has 20 heavy (non-hydrogen) atoms. The van der Waals surface area contributed by atoms with Gasteiger partial charge in [-0.3, -0.25) is 4.98 Å². The molecule has 0 amide bonds. The molecule has 2 aromatic heterocycles. The van der Waals surface area contributed by atoms with Gasteiger partial charge in [-0.2, -0.15) is 5.26 Å². The van der Waals surface area contributed by atoms with E-state index in [1.54, 1.807) is 17.5 Å². The largest absolute Gasteiger partial charge is 0.307 e. The molecule has 1 saturated carbocycles. The van der Waals surface area contributed by atoms with E-state index in [1.165, 1.54) is 0 Å². The van der Waals surface area contributed by atoms with E-state index in [0.717, 1.165) is 42.2 Å². The van der Waals surface area contributed by atoms with E-state index in [0.29, 0.717) is 6.04 Å². The van der Waals surface area contributed by atoms with E-state index in [4.69, 9.17) is 5.26 Å². The standard InChI is InChI=1S/C15H16N4S/c16-8-11-4-3-6-13(11)18-9-12-10-20-15(19-12)14-5-1-2-7-17-14/h1-2,5,7,10-11,13,18H,3-4,6,9H2. The first-order valence-corrected chi connectivity index (χ1v) is 7.73. The molecule has 3 rings (SSSR count). The first-order chi connectivity index (χ1) is 9.86. The fourth-order valence-corrected chi connectivity index (χ4v) is 3.38. The highest BCUT2D eigenvalue weighted by atomic mass is 32.1. The lowest BCUT2D eigenvalue weighted by molar-refractivity contribution is 0.462. The van der Waals surface area contributed by atoms with Crippen LogP contribution in [0.3, 0.4) is 0 Å². The molecule has 1 fully saturated rings. The van der Waals surface area contributed by atoms with Crippen LogP contribution in [0.2, 0.25) is 0 Å². The summed E-state index contributed by atoms with van der Waals surface area (Å²) in [5.41, 5.74) is 1.94. The zero-order valence-electron chi connectivity index (χ0n) is 11.1. The Morgan fingerprint density at radius 3 is 3.15 bits per heavy atom. The minimum atomic E-state index is 0.156. The van der Waals surface area contributed by atoms with Gasteiger partial charge in [-0.05, 0) is 25.0 Å². The first kappa shape index (κ1) is 13.2. The van der Waals surface area contributed by atoms with Crippen molar-refractivity contribution in [3.8, 4) is 16.8 Å². The molecule has 2 aromatic rings. The summed E-state index contributed by atoms with van der Waals surface area (Å²) in [7, 11) is 0.